The van der Waals surface area contributed by atoms with Gasteiger partial charge in [0.15, 0.2) is 0 Å². The van der Waals surface area contributed by atoms with Gasteiger partial charge in [-0.15, -0.1) is 0 Å². The quantitative estimate of drug-likeness (QED) is 0.905. The van der Waals surface area contributed by atoms with Crippen LogP contribution in [0.15, 0.2) is 18.2 Å². The van der Waals surface area contributed by atoms with Crippen LogP contribution in [0.4, 0.5) is 0 Å². The van der Waals surface area contributed by atoms with Gasteiger partial charge in [0.2, 0.25) is 0 Å². The summed E-state index contributed by atoms with van der Waals surface area (Å²) in [6, 6.07) is 5.66. The molecule has 2 atom stereocenters. The standard InChI is InChI=1S/C16H20ClNO2S/c1-11-13(3-2-4-14(11)17)15(19)18-12-5-7-20-16(9-12)6-8-21-10-16/h2-4,12H,5-10H2,1H3,(H,18,19). The van der Waals surface area contributed by atoms with E-state index >= 15 is 0 Å². The zero-order valence-electron chi connectivity index (χ0n) is 12.2. The van der Waals surface area contributed by atoms with Gasteiger partial charge < -0.3 is 10.1 Å². The Hall–Kier alpha value is -0.710. The molecule has 2 aliphatic rings. The molecule has 1 aromatic carbocycles. The van der Waals surface area contributed by atoms with E-state index in [1.807, 2.05) is 36.9 Å². The van der Waals surface area contributed by atoms with Gasteiger partial charge in [-0.3, -0.25) is 4.79 Å². The third-order valence-corrected chi connectivity index (χ3v) is 6.04. The van der Waals surface area contributed by atoms with Gasteiger partial charge in [0.25, 0.3) is 5.91 Å². The van der Waals surface area contributed by atoms with Crippen LogP contribution in [0.1, 0.15) is 35.2 Å². The highest BCUT2D eigenvalue weighted by Gasteiger charge is 2.40. The van der Waals surface area contributed by atoms with E-state index in [1.165, 1.54) is 0 Å². The van der Waals surface area contributed by atoms with Gasteiger partial charge in [0.05, 0.1) is 5.60 Å². The summed E-state index contributed by atoms with van der Waals surface area (Å²) in [5.74, 6) is 2.19. The predicted octanol–water partition coefficient (Wildman–Crippen LogP) is 3.43. The van der Waals surface area contributed by atoms with Crippen molar-refractivity contribution in [1.29, 1.82) is 0 Å². The molecule has 2 heterocycles. The average molecular weight is 326 g/mol. The van der Waals surface area contributed by atoms with Crippen LogP contribution in [0.2, 0.25) is 5.02 Å². The number of thioether (sulfide) groups is 1. The maximum Gasteiger partial charge on any atom is 0.251 e. The Balaban J connectivity index is 1.68. The van der Waals surface area contributed by atoms with Crippen molar-refractivity contribution in [3.63, 3.8) is 0 Å². The van der Waals surface area contributed by atoms with Crippen molar-refractivity contribution in [2.45, 2.75) is 37.8 Å². The molecule has 21 heavy (non-hydrogen) atoms. The first-order valence-electron chi connectivity index (χ1n) is 7.37. The maximum atomic E-state index is 12.5. The summed E-state index contributed by atoms with van der Waals surface area (Å²) < 4.78 is 5.99. The fourth-order valence-corrected chi connectivity index (χ4v) is 4.68. The van der Waals surface area contributed by atoms with Crippen molar-refractivity contribution < 1.29 is 9.53 Å². The fraction of sp³-hybridized carbons (Fsp3) is 0.562. The van der Waals surface area contributed by atoms with E-state index < -0.39 is 0 Å². The number of rotatable bonds is 2. The van der Waals surface area contributed by atoms with Crippen molar-refractivity contribution in [2.75, 3.05) is 18.1 Å². The molecule has 1 spiro atoms. The molecule has 2 fully saturated rings. The summed E-state index contributed by atoms with van der Waals surface area (Å²) >= 11 is 8.04. The van der Waals surface area contributed by atoms with Gasteiger partial charge in [0.1, 0.15) is 0 Å². The molecule has 2 aliphatic heterocycles. The molecular weight excluding hydrogens is 306 g/mol. The first-order valence-corrected chi connectivity index (χ1v) is 8.91. The lowest BCUT2D eigenvalue weighted by Gasteiger charge is -2.38. The minimum Gasteiger partial charge on any atom is -0.374 e. The minimum atomic E-state index is -0.0253. The van der Waals surface area contributed by atoms with Crippen LogP contribution in [0, 0.1) is 6.92 Å². The summed E-state index contributed by atoms with van der Waals surface area (Å²) in [6.45, 7) is 2.62. The molecule has 1 amide bonds. The van der Waals surface area contributed by atoms with Crippen LogP contribution in [-0.4, -0.2) is 35.7 Å². The van der Waals surface area contributed by atoms with E-state index in [0.717, 1.165) is 42.9 Å². The molecule has 114 valence electrons. The van der Waals surface area contributed by atoms with Gasteiger partial charge in [-0.05, 0) is 49.6 Å². The van der Waals surface area contributed by atoms with E-state index in [0.29, 0.717) is 10.6 Å². The second-order valence-corrected chi connectivity index (χ2v) is 7.42. The van der Waals surface area contributed by atoms with E-state index in [4.69, 9.17) is 16.3 Å². The number of hydrogen-bond donors (Lipinski definition) is 1. The second kappa shape index (κ2) is 6.19. The van der Waals surface area contributed by atoms with Crippen LogP contribution in [0.25, 0.3) is 0 Å². The van der Waals surface area contributed by atoms with Gasteiger partial charge in [-0.25, -0.2) is 0 Å². The molecular formula is C16H20ClNO2S. The van der Waals surface area contributed by atoms with Crippen LogP contribution in [0.5, 0.6) is 0 Å². The third-order valence-electron chi connectivity index (χ3n) is 4.41. The van der Waals surface area contributed by atoms with E-state index in [1.54, 1.807) is 0 Å². The Bertz CT molecular complexity index is 543. The van der Waals surface area contributed by atoms with Gasteiger partial charge in [-0.2, -0.15) is 11.8 Å². The Labute approximate surface area is 134 Å². The summed E-state index contributed by atoms with van der Waals surface area (Å²) in [6.07, 6.45) is 2.91. The summed E-state index contributed by atoms with van der Waals surface area (Å²) in [4.78, 5) is 12.5. The smallest absolute Gasteiger partial charge is 0.251 e. The molecule has 0 aromatic heterocycles. The Morgan fingerprint density at radius 3 is 3.14 bits per heavy atom. The summed E-state index contributed by atoms with van der Waals surface area (Å²) in [7, 11) is 0. The first kappa shape index (κ1) is 15.2. The lowest BCUT2D eigenvalue weighted by atomic mass is 9.89. The number of halogens is 1. The molecule has 3 nitrogen and oxygen atoms in total. The molecule has 0 saturated carbocycles. The number of carbonyl (C=O) groups is 1. The molecule has 0 radical (unpaired) electrons. The van der Waals surface area contributed by atoms with Crippen molar-refractivity contribution in [3.05, 3.63) is 34.3 Å². The third kappa shape index (κ3) is 3.22. The number of carbonyl (C=O) groups excluding carboxylic acids is 1. The number of hydrogen-bond acceptors (Lipinski definition) is 3. The van der Waals surface area contributed by atoms with Crippen LogP contribution in [-0.2, 0) is 4.74 Å². The zero-order valence-corrected chi connectivity index (χ0v) is 13.7. The first-order chi connectivity index (χ1) is 10.1. The van der Waals surface area contributed by atoms with E-state index in [2.05, 4.69) is 5.32 Å². The molecule has 5 heteroatoms. The highest BCUT2D eigenvalue weighted by molar-refractivity contribution is 7.99. The molecule has 3 rings (SSSR count). The van der Waals surface area contributed by atoms with Crippen LogP contribution >= 0.6 is 23.4 Å². The van der Waals surface area contributed by atoms with Gasteiger partial charge in [0, 0.05) is 29.0 Å². The molecule has 2 unspecified atom stereocenters. The molecule has 1 aromatic rings. The minimum absolute atomic E-state index is 0.00968. The van der Waals surface area contributed by atoms with Crippen molar-refractivity contribution >= 4 is 29.3 Å². The van der Waals surface area contributed by atoms with E-state index in [9.17, 15) is 4.79 Å². The number of benzene rings is 1. The number of ether oxygens (including phenoxy) is 1. The Kier molecular flexibility index (Phi) is 4.48. The Morgan fingerprint density at radius 1 is 1.52 bits per heavy atom. The SMILES string of the molecule is Cc1c(Cl)cccc1C(=O)NC1CCOC2(CCSC2)C1. The lowest BCUT2D eigenvalue weighted by molar-refractivity contribution is -0.0688. The van der Waals surface area contributed by atoms with Crippen LogP contribution in [0.3, 0.4) is 0 Å². The molecule has 0 aliphatic carbocycles. The normalized spacial score (nSPS) is 28.8. The van der Waals surface area contributed by atoms with Crippen molar-refractivity contribution in [3.8, 4) is 0 Å². The second-order valence-electron chi connectivity index (χ2n) is 5.91. The number of nitrogens with one attached hydrogen (secondary N) is 1. The highest BCUT2D eigenvalue weighted by atomic mass is 35.5. The highest BCUT2D eigenvalue weighted by Crippen LogP contribution is 2.38. The van der Waals surface area contributed by atoms with Gasteiger partial charge in [-0.1, -0.05) is 17.7 Å². The van der Waals surface area contributed by atoms with Crippen LogP contribution < -0.4 is 5.32 Å². The average Bonchev–Trinajstić information content (AvgIpc) is 2.89. The maximum absolute atomic E-state index is 12.5. The lowest BCUT2D eigenvalue weighted by Crippen LogP contribution is -2.48. The topological polar surface area (TPSA) is 38.3 Å². The molecule has 2 saturated heterocycles. The van der Waals surface area contributed by atoms with Crippen molar-refractivity contribution in [2.24, 2.45) is 0 Å². The largest absolute Gasteiger partial charge is 0.374 e. The summed E-state index contributed by atoms with van der Waals surface area (Å²) in [5, 5.41) is 3.80. The fourth-order valence-electron chi connectivity index (χ4n) is 3.13. The van der Waals surface area contributed by atoms with E-state index in [-0.39, 0.29) is 17.6 Å². The zero-order chi connectivity index (χ0) is 14.9. The summed E-state index contributed by atoms with van der Waals surface area (Å²) in [5.41, 5.74) is 1.50. The number of amides is 1. The Morgan fingerprint density at radius 2 is 2.38 bits per heavy atom. The molecule has 0 bridgehead atoms. The predicted molar refractivity (Wildman–Crippen MR) is 87.3 cm³/mol. The van der Waals surface area contributed by atoms with Crippen molar-refractivity contribution in [1.82, 2.24) is 5.32 Å². The van der Waals surface area contributed by atoms with Gasteiger partial charge >= 0.3 is 0 Å². The monoisotopic (exact) mass is 325 g/mol. The molecule has 1 N–H and O–H groups in total.